The number of urea groups is 1. The molecule has 0 unspecified atom stereocenters. The van der Waals surface area contributed by atoms with E-state index in [1.807, 2.05) is 30.2 Å². The fourth-order valence-electron chi connectivity index (χ4n) is 3.97. The Labute approximate surface area is 153 Å². The van der Waals surface area contributed by atoms with Crippen LogP contribution in [0.2, 0.25) is 0 Å². The normalized spacial score (nSPS) is 20.3. The van der Waals surface area contributed by atoms with Gasteiger partial charge in [-0.1, -0.05) is 0 Å². The minimum Gasteiger partial charge on any atom is -0.465 e. The molecule has 0 aromatic carbocycles. The Morgan fingerprint density at radius 2 is 2.15 bits per heavy atom. The number of aromatic nitrogens is 2. The number of likely N-dealkylation sites (tertiary alicyclic amines) is 1. The van der Waals surface area contributed by atoms with Gasteiger partial charge in [-0.2, -0.15) is 5.10 Å². The molecule has 26 heavy (non-hydrogen) atoms. The summed E-state index contributed by atoms with van der Waals surface area (Å²) in [6.45, 7) is 7.00. The van der Waals surface area contributed by atoms with Crippen molar-refractivity contribution in [3.63, 3.8) is 0 Å². The molecule has 1 atom stereocenters. The SMILES string of the molecule is Cc1ccc(CN2Cc3ccnn3[C@@H](CCNC(=O)N3CCCC3)C2)o1. The maximum atomic E-state index is 12.2. The predicted molar refractivity (Wildman–Crippen MR) is 97.6 cm³/mol. The average Bonchev–Trinajstić information content (AvgIpc) is 3.36. The van der Waals surface area contributed by atoms with Crippen molar-refractivity contribution in [3.05, 3.63) is 41.6 Å². The van der Waals surface area contributed by atoms with Crippen molar-refractivity contribution >= 4 is 6.03 Å². The van der Waals surface area contributed by atoms with E-state index in [-0.39, 0.29) is 12.1 Å². The molecule has 1 fully saturated rings. The van der Waals surface area contributed by atoms with Gasteiger partial charge in [0.25, 0.3) is 0 Å². The lowest BCUT2D eigenvalue weighted by Crippen LogP contribution is -2.41. The quantitative estimate of drug-likeness (QED) is 0.893. The van der Waals surface area contributed by atoms with E-state index in [0.717, 1.165) is 63.5 Å². The standard InChI is InChI=1S/C19H27N5O2/c1-15-4-5-18(26-15)14-22-12-16(24-17(13-22)7-9-21-24)6-8-20-19(25)23-10-2-3-11-23/h4-5,7,9,16H,2-3,6,8,10-14H2,1H3,(H,20,25)/t16-/m0/s1. The van der Waals surface area contributed by atoms with E-state index >= 15 is 0 Å². The summed E-state index contributed by atoms with van der Waals surface area (Å²) in [7, 11) is 0. The third-order valence-corrected chi connectivity index (χ3v) is 5.28. The summed E-state index contributed by atoms with van der Waals surface area (Å²) in [5, 5.41) is 7.57. The molecule has 4 rings (SSSR count). The number of carbonyl (C=O) groups excluding carboxylic acids is 1. The van der Waals surface area contributed by atoms with Crippen LogP contribution in [0.3, 0.4) is 0 Å². The fraction of sp³-hybridized carbons (Fsp3) is 0.579. The molecule has 0 saturated carbocycles. The largest absolute Gasteiger partial charge is 0.465 e. The maximum absolute atomic E-state index is 12.2. The summed E-state index contributed by atoms with van der Waals surface area (Å²) in [6.07, 6.45) is 4.98. The number of carbonyl (C=O) groups is 1. The number of furan rings is 1. The second-order valence-electron chi connectivity index (χ2n) is 7.32. The zero-order chi connectivity index (χ0) is 17.9. The van der Waals surface area contributed by atoms with Gasteiger partial charge in [0.2, 0.25) is 0 Å². The van der Waals surface area contributed by atoms with Crippen LogP contribution in [0.15, 0.2) is 28.8 Å². The van der Waals surface area contributed by atoms with Gasteiger partial charge in [-0.15, -0.1) is 0 Å². The Bertz CT molecular complexity index is 747. The van der Waals surface area contributed by atoms with Crippen LogP contribution < -0.4 is 5.32 Å². The van der Waals surface area contributed by atoms with Gasteiger partial charge in [0.15, 0.2) is 0 Å². The minimum absolute atomic E-state index is 0.0712. The summed E-state index contributed by atoms with van der Waals surface area (Å²) in [6, 6.07) is 6.47. The Hall–Kier alpha value is -2.28. The number of hydrogen-bond acceptors (Lipinski definition) is 4. The highest BCUT2D eigenvalue weighted by atomic mass is 16.3. The number of rotatable bonds is 5. The third kappa shape index (κ3) is 3.77. The zero-order valence-electron chi connectivity index (χ0n) is 15.4. The molecule has 1 saturated heterocycles. The summed E-state index contributed by atoms with van der Waals surface area (Å²) >= 11 is 0. The molecule has 2 amide bonds. The first kappa shape index (κ1) is 17.1. The molecule has 2 aromatic heterocycles. The molecular weight excluding hydrogens is 330 g/mol. The van der Waals surface area contributed by atoms with Gasteiger partial charge < -0.3 is 14.6 Å². The summed E-state index contributed by atoms with van der Waals surface area (Å²) in [4.78, 5) is 16.5. The second kappa shape index (κ2) is 7.53. The topological polar surface area (TPSA) is 66.5 Å². The molecule has 0 spiro atoms. The van der Waals surface area contributed by atoms with E-state index in [2.05, 4.69) is 26.1 Å². The molecule has 0 aliphatic carbocycles. The number of fused-ring (bicyclic) bond motifs is 1. The Kier molecular flexibility index (Phi) is 4.97. The number of nitrogens with zero attached hydrogens (tertiary/aromatic N) is 4. The van der Waals surface area contributed by atoms with Crippen molar-refractivity contribution in [1.82, 2.24) is 24.9 Å². The molecule has 0 radical (unpaired) electrons. The first-order valence-electron chi connectivity index (χ1n) is 9.52. The van der Waals surface area contributed by atoms with Crippen LogP contribution in [0.4, 0.5) is 4.79 Å². The van der Waals surface area contributed by atoms with Crippen molar-refractivity contribution < 1.29 is 9.21 Å². The van der Waals surface area contributed by atoms with Crippen LogP contribution in [0, 0.1) is 6.92 Å². The van der Waals surface area contributed by atoms with Gasteiger partial charge in [-0.25, -0.2) is 4.79 Å². The van der Waals surface area contributed by atoms with Crippen molar-refractivity contribution in [3.8, 4) is 0 Å². The predicted octanol–water partition coefficient (Wildman–Crippen LogP) is 2.54. The molecule has 2 aromatic rings. The Morgan fingerprint density at radius 1 is 1.31 bits per heavy atom. The molecule has 7 heteroatoms. The highest BCUT2D eigenvalue weighted by Crippen LogP contribution is 2.24. The highest BCUT2D eigenvalue weighted by Gasteiger charge is 2.26. The number of hydrogen-bond donors (Lipinski definition) is 1. The summed E-state index contributed by atoms with van der Waals surface area (Å²) < 4.78 is 7.85. The van der Waals surface area contributed by atoms with Crippen LogP contribution in [0.25, 0.3) is 0 Å². The monoisotopic (exact) mass is 357 g/mol. The van der Waals surface area contributed by atoms with Gasteiger partial charge in [0, 0.05) is 38.9 Å². The smallest absolute Gasteiger partial charge is 0.317 e. The van der Waals surface area contributed by atoms with Crippen molar-refractivity contribution in [2.75, 3.05) is 26.2 Å². The molecule has 2 aliphatic rings. The summed E-state index contributed by atoms with van der Waals surface area (Å²) in [5.41, 5.74) is 1.22. The lowest BCUT2D eigenvalue weighted by Gasteiger charge is -2.33. The average molecular weight is 357 g/mol. The molecular formula is C19H27N5O2. The lowest BCUT2D eigenvalue weighted by molar-refractivity contribution is 0.150. The van der Waals surface area contributed by atoms with Gasteiger partial charge in [-0.3, -0.25) is 9.58 Å². The van der Waals surface area contributed by atoms with Crippen LogP contribution in [-0.2, 0) is 13.1 Å². The van der Waals surface area contributed by atoms with Gasteiger partial charge in [0.05, 0.1) is 18.3 Å². The Balaban J connectivity index is 1.34. The van der Waals surface area contributed by atoms with E-state index in [0.29, 0.717) is 6.54 Å². The van der Waals surface area contributed by atoms with E-state index in [1.165, 1.54) is 5.69 Å². The van der Waals surface area contributed by atoms with Gasteiger partial charge >= 0.3 is 6.03 Å². The van der Waals surface area contributed by atoms with Gasteiger partial charge in [0.1, 0.15) is 11.5 Å². The lowest BCUT2D eigenvalue weighted by atomic mass is 10.1. The number of nitrogens with one attached hydrogen (secondary N) is 1. The van der Waals surface area contributed by atoms with E-state index in [1.54, 1.807) is 0 Å². The van der Waals surface area contributed by atoms with Crippen molar-refractivity contribution in [2.45, 2.75) is 45.3 Å². The molecule has 0 bridgehead atoms. The number of amides is 2. The van der Waals surface area contributed by atoms with Crippen molar-refractivity contribution in [1.29, 1.82) is 0 Å². The van der Waals surface area contributed by atoms with Crippen LogP contribution >= 0.6 is 0 Å². The molecule has 1 N–H and O–H groups in total. The van der Waals surface area contributed by atoms with Crippen LogP contribution in [0.5, 0.6) is 0 Å². The van der Waals surface area contributed by atoms with Crippen molar-refractivity contribution in [2.24, 2.45) is 0 Å². The minimum atomic E-state index is 0.0712. The van der Waals surface area contributed by atoms with E-state index in [9.17, 15) is 4.79 Å². The Morgan fingerprint density at radius 3 is 2.92 bits per heavy atom. The zero-order valence-corrected chi connectivity index (χ0v) is 15.4. The van der Waals surface area contributed by atoms with Crippen LogP contribution in [0.1, 0.15) is 42.5 Å². The van der Waals surface area contributed by atoms with Crippen LogP contribution in [-0.4, -0.2) is 51.8 Å². The third-order valence-electron chi connectivity index (χ3n) is 5.28. The first-order valence-corrected chi connectivity index (χ1v) is 9.52. The molecule has 2 aliphatic heterocycles. The molecule has 140 valence electrons. The fourth-order valence-corrected chi connectivity index (χ4v) is 3.97. The van der Waals surface area contributed by atoms with E-state index in [4.69, 9.17) is 4.42 Å². The first-order chi connectivity index (χ1) is 12.7. The number of aryl methyl sites for hydroxylation is 1. The van der Waals surface area contributed by atoms with Gasteiger partial charge in [-0.05, 0) is 44.4 Å². The maximum Gasteiger partial charge on any atom is 0.317 e. The van der Waals surface area contributed by atoms with E-state index < -0.39 is 0 Å². The summed E-state index contributed by atoms with van der Waals surface area (Å²) in [5.74, 6) is 1.94. The molecule has 7 nitrogen and oxygen atoms in total. The second-order valence-corrected chi connectivity index (χ2v) is 7.32. The highest BCUT2D eigenvalue weighted by molar-refractivity contribution is 5.74. The molecule has 4 heterocycles.